The van der Waals surface area contributed by atoms with Gasteiger partial charge >= 0.3 is 5.97 Å². The summed E-state index contributed by atoms with van der Waals surface area (Å²) >= 11 is 0. The summed E-state index contributed by atoms with van der Waals surface area (Å²) in [4.78, 5) is 60.5. The zero-order valence-electron chi connectivity index (χ0n) is 28.2. The average Bonchev–Trinajstić information content (AvgIpc) is 3.10. The summed E-state index contributed by atoms with van der Waals surface area (Å²) in [6.45, 7) is 4.08. The highest BCUT2D eigenvalue weighted by atomic mass is 16.5. The van der Waals surface area contributed by atoms with E-state index in [1.165, 1.54) is 11.0 Å². The zero-order valence-corrected chi connectivity index (χ0v) is 28.2. The van der Waals surface area contributed by atoms with Crippen LogP contribution in [0.25, 0.3) is 0 Å². The molecule has 2 aromatic carbocycles. The molecule has 1 fully saturated rings. The van der Waals surface area contributed by atoms with Crippen LogP contribution in [0.15, 0.2) is 72.2 Å². The lowest BCUT2D eigenvalue weighted by Gasteiger charge is -2.32. The number of nitrogens with one attached hydrogen (secondary N) is 3. The van der Waals surface area contributed by atoms with Crippen LogP contribution in [0.1, 0.15) is 61.6 Å². The van der Waals surface area contributed by atoms with Crippen LogP contribution in [0.2, 0.25) is 0 Å². The number of nitrogens with two attached hydrogens (primary N) is 3. The van der Waals surface area contributed by atoms with Crippen LogP contribution in [0.3, 0.4) is 0 Å². The van der Waals surface area contributed by atoms with E-state index in [2.05, 4.69) is 22.2 Å². The van der Waals surface area contributed by atoms with E-state index in [4.69, 9.17) is 27.3 Å². The highest BCUT2D eigenvalue weighted by Crippen LogP contribution is 2.27. The first-order valence-electron chi connectivity index (χ1n) is 16.7. The summed E-state index contributed by atoms with van der Waals surface area (Å²) in [5, 5.41) is 13.4. The van der Waals surface area contributed by atoms with Crippen molar-refractivity contribution in [1.29, 1.82) is 5.41 Å². The number of amides is 3. The van der Waals surface area contributed by atoms with Gasteiger partial charge in [0, 0.05) is 25.7 Å². The van der Waals surface area contributed by atoms with Crippen LogP contribution in [-0.4, -0.2) is 72.7 Å². The van der Waals surface area contributed by atoms with Crippen LogP contribution in [-0.2, 0) is 36.9 Å². The van der Waals surface area contributed by atoms with Gasteiger partial charge in [-0.3, -0.25) is 24.8 Å². The Kier molecular flexibility index (Phi) is 15.3. The fraction of sp³-hybridized carbons (Fsp3) is 0.444. The second-order valence-corrected chi connectivity index (χ2v) is 12.4. The molecule has 1 aliphatic carbocycles. The van der Waals surface area contributed by atoms with Crippen LogP contribution in [0.5, 0.6) is 0 Å². The fourth-order valence-electron chi connectivity index (χ4n) is 5.92. The number of nitrogen functional groups attached to an aromatic ring is 1. The van der Waals surface area contributed by atoms with Gasteiger partial charge in [0.1, 0.15) is 30.4 Å². The first kappa shape index (κ1) is 38.2. The van der Waals surface area contributed by atoms with Crippen LogP contribution < -0.4 is 27.8 Å². The standard InChI is InChI=1S/C36H50N8O5/c1-3-21-49-35(48)29(15-10-20-41-36(39)40)42-33(46)30(26-13-8-5-9-14-26)43-32(45)28(22-24-16-18-27(19-17-24)31(37)38)34(47)44(2)23-25-11-6-4-7-12-25/h3-4,6-7,11-12,16-19,26,28-30H,1,5,8-10,13-15,20-23H2,2H3,(H3,37,38)(H,42,46)(H,43,45)(H4,39,40,41)/t28?,29-,30-/m0/s1. The third-order valence-electron chi connectivity index (χ3n) is 8.55. The Morgan fingerprint density at radius 1 is 0.980 bits per heavy atom. The minimum atomic E-state index is -1.16. The van der Waals surface area contributed by atoms with Gasteiger partial charge in [0.05, 0.1) is 0 Å². The van der Waals surface area contributed by atoms with Gasteiger partial charge in [-0.25, -0.2) is 4.79 Å². The van der Waals surface area contributed by atoms with E-state index in [1.807, 2.05) is 30.3 Å². The van der Waals surface area contributed by atoms with Gasteiger partial charge in [0.25, 0.3) is 0 Å². The molecule has 9 N–H and O–H groups in total. The normalized spacial score (nSPS) is 14.7. The number of carbonyl (C=O) groups excluding carboxylic acids is 4. The van der Waals surface area contributed by atoms with Gasteiger partial charge in [-0.1, -0.05) is 86.5 Å². The lowest BCUT2D eigenvalue weighted by molar-refractivity contribution is -0.147. The Hall–Kier alpha value is -5.20. The molecule has 3 rings (SSSR count). The Balaban J connectivity index is 1.88. The number of hydrogen-bond donors (Lipinski definition) is 6. The van der Waals surface area contributed by atoms with Crippen LogP contribution in [0.4, 0.5) is 0 Å². The van der Waals surface area contributed by atoms with E-state index in [0.29, 0.717) is 30.4 Å². The van der Waals surface area contributed by atoms with Gasteiger partial charge in [0.15, 0.2) is 5.96 Å². The average molecular weight is 675 g/mol. The lowest BCUT2D eigenvalue weighted by Crippen LogP contribution is -2.57. The van der Waals surface area contributed by atoms with Gasteiger partial charge < -0.3 is 37.5 Å². The highest BCUT2D eigenvalue weighted by molar-refractivity contribution is 6.02. The maximum Gasteiger partial charge on any atom is 0.328 e. The molecule has 0 saturated heterocycles. The van der Waals surface area contributed by atoms with Gasteiger partial charge in [-0.2, -0.15) is 0 Å². The van der Waals surface area contributed by atoms with E-state index in [-0.39, 0.29) is 50.3 Å². The summed E-state index contributed by atoms with van der Waals surface area (Å²) in [7, 11) is 1.64. The Labute approximate surface area is 288 Å². The summed E-state index contributed by atoms with van der Waals surface area (Å²) in [5.74, 6) is -3.71. The smallest absolute Gasteiger partial charge is 0.328 e. The number of esters is 1. The monoisotopic (exact) mass is 674 g/mol. The van der Waals surface area contributed by atoms with Crippen LogP contribution >= 0.6 is 0 Å². The van der Waals surface area contributed by atoms with E-state index in [0.717, 1.165) is 24.8 Å². The van der Waals surface area contributed by atoms with Crippen molar-refractivity contribution in [3.05, 3.63) is 83.9 Å². The Bertz CT molecular complexity index is 1450. The molecule has 1 aliphatic rings. The quantitative estimate of drug-likeness (QED) is 0.0343. The fourth-order valence-corrected chi connectivity index (χ4v) is 5.92. The van der Waals surface area contributed by atoms with Gasteiger partial charge in [-0.15, -0.1) is 0 Å². The molecule has 3 atom stereocenters. The number of amidine groups is 1. The van der Waals surface area contributed by atoms with Crippen molar-refractivity contribution < 1.29 is 23.9 Å². The summed E-state index contributed by atoms with van der Waals surface area (Å²) in [6.07, 6.45) is 6.27. The summed E-state index contributed by atoms with van der Waals surface area (Å²) < 4.78 is 5.26. The molecule has 0 heterocycles. The van der Waals surface area contributed by atoms with Gasteiger partial charge in [0.2, 0.25) is 17.7 Å². The molecule has 264 valence electrons. The SMILES string of the molecule is C=CCOC(=O)[C@H](CCCN=C(N)N)NC(=O)[C@@H](NC(=O)C(Cc1ccc(C(=N)N)cc1)C(=O)N(C)Cc1ccccc1)C1CCCCC1. The second kappa shape index (κ2) is 19.6. The van der Waals surface area contributed by atoms with Crippen molar-refractivity contribution in [2.45, 2.75) is 70.0 Å². The molecule has 0 aliphatic heterocycles. The largest absolute Gasteiger partial charge is 0.460 e. The number of benzene rings is 2. The van der Waals surface area contributed by atoms with Crippen molar-refractivity contribution in [2.75, 3.05) is 20.2 Å². The van der Waals surface area contributed by atoms with E-state index in [1.54, 1.807) is 31.3 Å². The second-order valence-electron chi connectivity index (χ2n) is 12.4. The lowest BCUT2D eigenvalue weighted by atomic mass is 9.83. The first-order valence-corrected chi connectivity index (χ1v) is 16.7. The summed E-state index contributed by atoms with van der Waals surface area (Å²) in [5.41, 5.74) is 18.6. The molecule has 0 radical (unpaired) electrons. The van der Waals surface area contributed by atoms with E-state index >= 15 is 0 Å². The van der Waals surface area contributed by atoms with Crippen molar-refractivity contribution in [1.82, 2.24) is 15.5 Å². The number of aliphatic imine (C=N–C) groups is 1. The third-order valence-corrected chi connectivity index (χ3v) is 8.55. The Morgan fingerprint density at radius 2 is 1.65 bits per heavy atom. The molecule has 0 bridgehead atoms. The number of ether oxygens (including phenoxy) is 1. The molecule has 3 amide bonds. The third kappa shape index (κ3) is 12.4. The van der Waals surface area contributed by atoms with Crippen molar-refractivity contribution >= 4 is 35.5 Å². The Morgan fingerprint density at radius 3 is 2.27 bits per heavy atom. The topological polar surface area (TPSA) is 219 Å². The molecule has 2 aromatic rings. The molecule has 0 aromatic heterocycles. The maximum atomic E-state index is 14.2. The molecule has 1 unspecified atom stereocenters. The zero-order chi connectivity index (χ0) is 35.8. The van der Waals surface area contributed by atoms with Crippen LogP contribution in [0, 0.1) is 17.2 Å². The van der Waals surface area contributed by atoms with Crippen molar-refractivity contribution in [3.8, 4) is 0 Å². The number of guanidine groups is 1. The predicted molar refractivity (Wildman–Crippen MR) is 189 cm³/mol. The molecule has 13 heteroatoms. The van der Waals surface area contributed by atoms with Crippen molar-refractivity contribution in [3.63, 3.8) is 0 Å². The number of hydrogen-bond acceptors (Lipinski definition) is 7. The van der Waals surface area contributed by atoms with Crippen molar-refractivity contribution in [2.24, 2.45) is 34.0 Å². The first-order chi connectivity index (χ1) is 23.5. The van der Waals surface area contributed by atoms with E-state index in [9.17, 15) is 19.2 Å². The van der Waals surface area contributed by atoms with Gasteiger partial charge in [-0.05, 0) is 49.1 Å². The molecular weight excluding hydrogens is 624 g/mol. The maximum absolute atomic E-state index is 14.2. The number of rotatable bonds is 18. The molecule has 13 nitrogen and oxygen atoms in total. The predicted octanol–water partition coefficient (Wildman–Crippen LogP) is 2.12. The highest BCUT2D eigenvalue weighted by Gasteiger charge is 2.37. The molecule has 0 spiro atoms. The minimum absolute atomic E-state index is 0.0322. The molecular formula is C36H50N8O5. The number of carbonyl (C=O) groups is 4. The molecule has 1 saturated carbocycles. The van der Waals surface area contributed by atoms with E-state index < -0.39 is 41.7 Å². The summed E-state index contributed by atoms with van der Waals surface area (Å²) in [6, 6.07) is 14.2. The minimum Gasteiger partial charge on any atom is -0.460 e. The molecule has 49 heavy (non-hydrogen) atoms. The number of nitrogens with zero attached hydrogens (tertiary/aromatic N) is 2.